The van der Waals surface area contributed by atoms with Crippen LogP contribution < -0.4 is 4.74 Å². The SMILES string of the molecule is Fc1cccc(CBr)c1Oc1ncn(-c2ccccc2)n1. The molecular weight excluding hydrogens is 337 g/mol. The summed E-state index contributed by atoms with van der Waals surface area (Å²) in [5.41, 5.74) is 1.56. The van der Waals surface area contributed by atoms with Crippen molar-refractivity contribution in [2.45, 2.75) is 5.33 Å². The second-order valence-electron chi connectivity index (χ2n) is 4.27. The van der Waals surface area contributed by atoms with Crippen LogP contribution in [0, 0.1) is 5.82 Å². The molecule has 0 aliphatic rings. The Bertz CT molecular complexity index is 746. The Kier molecular flexibility index (Phi) is 3.96. The van der Waals surface area contributed by atoms with Crippen molar-refractivity contribution in [3.8, 4) is 17.4 Å². The lowest BCUT2D eigenvalue weighted by atomic mass is 10.2. The highest BCUT2D eigenvalue weighted by molar-refractivity contribution is 9.08. The first kappa shape index (κ1) is 13.8. The van der Waals surface area contributed by atoms with E-state index >= 15 is 0 Å². The van der Waals surface area contributed by atoms with Gasteiger partial charge in [0.05, 0.1) is 5.69 Å². The minimum atomic E-state index is -0.442. The predicted octanol–water partition coefficient (Wildman–Crippen LogP) is 4.09. The molecule has 2 aromatic carbocycles. The lowest BCUT2D eigenvalue weighted by Gasteiger charge is -2.07. The van der Waals surface area contributed by atoms with E-state index in [1.165, 1.54) is 12.4 Å². The standard InChI is InChI=1S/C15H11BrFN3O/c16-9-11-5-4-8-13(17)14(11)21-15-18-10-20(19-15)12-6-2-1-3-7-12/h1-8,10H,9H2. The van der Waals surface area contributed by atoms with Crippen LogP contribution in [0.1, 0.15) is 5.56 Å². The lowest BCUT2D eigenvalue weighted by molar-refractivity contribution is 0.407. The maximum atomic E-state index is 13.8. The molecule has 0 fully saturated rings. The van der Waals surface area contributed by atoms with E-state index in [0.29, 0.717) is 10.9 Å². The van der Waals surface area contributed by atoms with Gasteiger partial charge in [-0.3, -0.25) is 0 Å². The van der Waals surface area contributed by atoms with Gasteiger partial charge in [0.15, 0.2) is 11.6 Å². The molecule has 106 valence electrons. The summed E-state index contributed by atoms with van der Waals surface area (Å²) < 4.78 is 20.9. The summed E-state index contributed by atoms with van der Waals surface area (Å²) in [5.74, 6) is -0.303. The van der Waals surface area contributed by atoms with E-state index in [1.807, 2.05) is 30.3 Å². The third-order valence-electron chi connectivity index (χ3n) is 2.88. The van der Waals surface area contributed by atoms with Crippen molar-refractivity contribution >= 4 is 15.9 Å². The largest absolute Gasteiger partial charge is 0.420 e. The van der Waals surface area contributed by atoms with Gasteiger partial charge in [-0.05, 0) is 18.2 Å². The summed E-state index contributed by atoms with van der Waals surface area (Å²) in [5, 5.41) is 4.68. The maximum absolute atomic E-state index is 13.8. The van der Waals surface area contributed by atoms with Gasteiger partial charge in [-0.25, -0.2) is 9.07 Å². The number of rotatable bonds is 4. The van der Waals surface area contributed by atoms with Gasteiger partial charge in [0.2, 0.25) is 0 Å². The monoisotopic (exact) mass is 347 g/mol. The topological polar surface area (TPSA) is 39.9 Å². The summed E-state index contributed by atoms with van der Waals surface area (Å²) >= 11 is 3.31. The predicted molar refractivity (Wildman–Crippen MR) is 80.5 cm³/mol. The Balaban J connectivity index is 1.89. The number of hydrogen-bond donors (Lipinski definition) is 0. The minimum Gasteiger partial charge on any atom is -0.420 e. The average molecular weight is 348 g/mol. The van der Waals surface area contributed by atoms with Gasteiger partial charge in [-0.1, -0.05) is 46.3 Å². The summed E-state index contributed by atoms with van der Waals surface area (Å²) in [6.07, 6.45) is 1.53. The molecule has 0 spiro atoms. The van der Waals surface area contributed by atoms with Crippen LogP contribution in [0.2, 0.25) is 0 Å². The Morgan fingerprint density at radius 2 is 1.90 bits per heavy atom. The van der Waals surface area contributed by atoms with Crippen molar-refractivity contribution in [1.82, 2.24) is 14.8 Å². The van der Waals surface area contributed by atoms with Crippen molar-refractivity contribution in [3.63, 3.8) is 0 Å². The van der Waals surface area contributed by atoms with Gasteiger partial charge in [0.1, 0.15) is 6.33 Å². The Hall–Kier alpha value is -2.21. The smallest absolute Gasteiger partial charge is 0.341 e. The number of para-hydroxylation sites is 2. The number of hydrogen-bond acceptors (Lipinski definition) is 3. The number of benzene rings is 2. The van der Waals surface area contributed by atoms with Crippen LogP contribution in [0.25, 0.3) is 5.69 Å². The molecule has 3 rings (SSSR count). The van der Waals surface area contributed by atoms with Crippen LogP contribution in [0.15, 0.2) is 54.9 Å². The van der Waals surface area contributed by atoms with Gasteiger partial charge in [-0.15, -0.1) is 5.10 Å². The average Bonchev–Trinajstić information content (AvgIpc) is 2.99. The van der Waals surface area contributed by atoms with E-state index in [4.69, 9.17) is 4.74 Å². The number of nitrogens with zero attached hydrogens (tertiary/aromatic N) is 3. The normalized spacial score (nSPS) is 10.6. The van der Waals surface area contributed by atoms with Crippen LogP contribution in [-0.2, 0) is 5.33 Å². The van der Waals surface area contributed by atoms with Crippen LogP contribution >= 0.6 is 15.9 Å². The van der Waals surface area contributed by atoms with Crippen molar-refractivity contribution in [2.24, 2.45) is 0 Å². The Morgan fingerprint density at radius 1 is 1.10 bits per heavy atom. The first-order chi connectivity index (χ1) is 10.3. The fourth-order valence-electron chi connectivity index (χ4n) is 1.86. The zero-order valence-electron chi connectivity index (χ0n) is 10.9. The highest BCUT2D eigenvalue weighted by Gasteiger charge is 2.13. The van der Waals surface area contributed by atoms with Crippen molar-refractivity contribution < 1.29 is 9.13 Å². The van der Waals surface area contributed by atoms with Crippen LogP contribution in [0.5, 0.6) is 11.8 Å². The molecule has 1 aromatic heterocycles. The Labute approximate surface area is 129 Å². The highest BCUT2D eigenvalue weighted by atomic mass is 79.9. The van der Waals surface area contributed by atoms with E-state index in [2.05, 4.69) is 26.0 Å². The van der Waals surface area contributed by atoms with E-state index in [1.54, 1.807) is 16.8 Å². The van der Waals surface area contributed by atoms with Gasteiger partial charge in [0, 0.05) is 10.9 Å². The molecule has 4 nitrogen and oxygen atoms in total. The molecule has 0 unspecified atom stereocenters. The summed E-state index contributed by atoms with van der Waals surface area (Å²) in [6, 6.07) is 14.4. The first-order valence-corrected chi connectivity index (χ1v) is 7.38. The molecule has 0 radical (unpaired) electrons. The van der Waals surface area contributed by atoms with Gasteiger partial charge in [0.25, 0.3) is 0 Å². The summed E-state index contributed by atoms with van der Waals surface area (Å²) in [6.45, 7) is 0. The molecule has 3 aromatic rings. The van der Waals surface area contributed by atoms with Gasteiger partial charge < -0.3 is 4.74 Å². The molecule has 0 aliphatic heterocycles. The van der Waals surface area contributed by atoms with Crippen LogP contribution in [-0.4, -0.2) is 14.8 Å². The third kappa shape index (κ3) is 2.95. The van der Waals surface area contributed by atoms with Crippen molar-refractivity contribution in [1.29, 1.82) is 0 Å². The second-order valence-corrected chi connectivity index (χ2v) is 4.83. The van der Waals surface area contributed by atoms with Crippen LogP contribution in [0.4, 0.5) is 4.39 Å². The van der Waals surface area contributed by atoms with Gasteiger partial charge in [-0.2, -0.15) is 4.98 Å². The fraction of sp³-hybridized carbons (Fsp3) is 0.0667. The molecular formula is C15H11BrFN3O. The highest BCUT2D eigenvalue weighted by Crippen LogP contribution is 2.28. The molecule has 0 N–H and O–H groups in total. The zero-order valence-corrected chi connectivity index (χ0v) is 12.5. The van der Waals surface area contributed by atoms with Crippen molar-refractivity contribution in [2.75, 3.05) is 0 Å². The quantitative estimate of drug-likeness (QED) is 0.667. The van der Waals surface area contributed by atoms with Crippen LogP contribution in [0.3, 0.4) is 0 Å². The first-order valence-electron chi connectivity index (χ1n) is 6.26. The van der Waals surface area contributed by atoms with E-state index < -0.39 is 5.82 Å². The lowest BCUT2D eigenvalue weighted by Crippen LogP contribution is -1.97. The number of alkyl halides is 1. The minimum absolute atomic E-state index is 0.103. The third-order valence-corrected chi connectivity index (χ3v) is 3.48. The van der Waals surface area contributed by atoms with E-state index in [0.717, 1.165) is 5.69 Å². The second kappa shape index (κ2) is 6.05. The number of aromatic nitrogens is 3. The van der Waals surface area contributed by atoms with Crippen molar-refractivity contribution in [3.05, 3.63) is 66.2 Å². The molecule has 0 bridgehead atoms. The summed E-state index contributed by atoms with van der Waals surface area (Å²) in [7, 11) is 0. The molecule has 0 atom stereocenters. The maximum Gasteiger partial charge on any atom is 0.341 e. The van der Waals surface area contributed by atoms with Gasteiger partial charge >= 0.3 is 6.01 Å². The fourth-order valence-corrected chi connectivity index (χ4v) is 2.31. The number of ether oxygens (including phenoxy) is 1. The molecule has 0 saturated heterocycles. The molecule has 0 aliphatic carbocycles. The Morgan fingerprint density at radius 3 is 2.67 bits per heavy atom. The molecule has 1 heterocycles. The molecule has 21 heavy (non-hydrogen) atoms. The zero-order chi connectivity index (χ0) is 14.7. The number of halogens is 2. The molecule has 0 saturated carbocycles. The summed E-state index contributed by atoms with van der Waals surface area (Å²) in [4.78, 5) is 4.05. The molecule has 6 heteroatoms. The van der Waals surface area contributed by atoms with E-state index in [9.17, 15) is 4.39 Å². The van der Waals surface area contributed by atoms with E-state index in [-0.39, 0.29) is 11.8 Å². The molecule has 0 amide bonds.